The number of aromatic hydroxyl groups is 1. The predicted molar refractivity (Wildman–Crippen MR) is 106 cm³/mol. The van der Waals surface area contributed by atoms with E-state index in [0.29, 0.717) is 17.6 Å². The van der Waals surface area contributed by atoms with Crippen molar-refractivity contribution in [2.24, 2.45) is 0 Å². The fourth-order valence-corrected chi connectivity index (χ4v) is 3.97. The Bertz CT molecular complexity index is 1160. The maximum absolute atomic E-state index is 12.7. The summed E-state index contributed by atoms with van der Waals surface area (Å²) in [5.41, 5.74) is 5.28. The van der Waals surface area contributed by atoms with Crippen LogP contribution >= 0.6 is 11.3 Å². The topological polar surface area (TPSA) is 66.0 Å². The number of rotatable bonds is 3. The molecule has 2 aromatic carbocycles. The van der Waals surface area contributed by atoms with Gasteiger partial charge in [-0.05, 0) is 48.2 Å². The van der Waals surface area contributed by atoms with Crippen LogP contribution in [0.25, 0.3) is 21.3 Å². The van der Waals surface area contributed by atoms with Crippen molar-refractivity contribution in [1.82, 2.24) is 9.97 Å². The summed E-state index contributed by atoms with van der Waals surface area (Å²) in [7, 11) is 0. The van der Waals surface area contributed by atoms with Gasteiger partial charge in [0.1, 0.15) is 16.4 Å². The normalized spacial score (nSPS) is 11.2. The zero-order valence-corrected chi connectivity index (χ0v) is 15.4. The van der Waals surface area contributed by atoms with E-state index in [0.717, 1.165) is 21.5 Å². The van der Waals surface area contributed by atoms with Crippen molar-refractivity contribution in [2.45, 2.75) is 20.3 Å². The van der Waals surface area contributed by atoms with Gasteiger partial charge in [0.05, 0.1) is 5.39 Å². The molecule has 26 heavy (non-hydrogen) atoms. The highest BCUT2D eigenvalue weighted by Gasteiger charge is 2.13. The van der Waals surface area contributed by atoms with Gasteiger partial charge in [0, 0.05) is 17.4 Å². The Labute approximate surface area is 154 Å². The molecule has 0 amide bonds. The predicted octanol–water partition coefficient (Wildman–Crippen LogP) is 4.56. The van der Waals surface area contributed by atoms with Gasteiger partial charge in [-0.1, -0.05) is 30.3 Å². The minimum Gasteiger partial charge on any atom is -0.508 e. The third-order valence-corrected chi connectivity index (χ3v) is 5.49. The van der Waals surface area contributed by atoms with Gasteiger partial charge < -0.3 is 10.1 Å². The number of thiophene rings is 1. The van der Waals surface area contributed by atoms with E-state index in [1.165, 1.54) is 22.5 Å². The van der Waals surface area contributed by atoms with Crippen LogP contribution in [-0.2, 0) is 6.42 Å². The number of aryl methyl sites for hydroxylation is 2. The minimum absolute atomic E-state index is 0.113. The number of H-pyrrole nitrogens is 1. The number of phenols is 1. The highest BCUT2D eigenvalue weighted by molar-refractivity contribution is 7.17. The van der Waals surface area contributed by atoms with Crippen molar-refractivity contribution in [1.29, 1.82) is 0 Å². The Kier molecular flexibility index (Phi) is 4.09. The summed E-state index contributed by atoms with van der Waals surface area (Å²) in [6.07, 6.45) is 0.516. The van der Waals surface area contributed by atoms with Crippen LogP contribution in [0.2, 0.25) is 0 Å². The number of aromatic amines is 1. The number of nitrogens with one attached hydrogen (secondary N) is 1. The van der Waals surface area contributed by atoms with E-state index in [4.69, 9.17) is 0 Å². The first kappa shape index (κ1) is 16.5. The molecule has 0 fully saturated rings. The SMILES string of the molecule is Cc1ccc(-c2csc3nc(Cc4ccc(O)cc4)[nH]c(=O)c23)cc1C. The third-order valence-electron chi connectivity index (χ3n) is 4.62. The number of nitrogens with zero attached hydrogens (tertiary/aromatic N) is 1. The molecule has 0 aliphatic rings. The van der Waals surface area contributed by atoms with Gasteiger partial charge in [0.2, 0.25) is 0 Å². The summed E-state index contributed by atoms with van der Waals surface area (Å²) in [4.78, 5) is 21.0. The average molecular weight is 362 g/mol. The number of aromatic nitrogens is 2. The fraction of sp³-hybridized carbons (Fsp3) is 0.143. The Hall–Kier alpha value is -2.92. The molecule has 2 aromatic heterocycles. The van der Waals surface area contributed by atoms with Gasteiger partial charge >= 0.3 is 0 Å². The molecule has 0 radical (unpaired) electrons. The molecular formula is C21H18N2O2S. The van der Waals surface area contributed by atoms with Crippen LogP contribution in [0.15, 0.2) is 52.6 Å². The molecular weight excluding hydrogens is 344 g/mol. The molecule has 0 bridgehead atoms. The number of hydrogen-bond donors (Lipinski definition) is 2. The lowest BCUT2D eigenvalue weighted by atomic mass is 10.0. The zero-order chi connectivity index (χ0) is 18.3. The van der Waals surface area contributed by atoms with Crippen LogP contribution < -0.4 is 5.56 Å². The van der Waals surface area contributed by atoms with Crippen molar-refractivity contribution in [3.8, 4) is 16.9 Å². The van der Waals surface area contributed by atoms with Crippen LogP contribution in [0.1, 0.15) is 22.5 Å². The number of phenolic OH excluding ortho intramolecular Hbond substituents is 1. The van der Waals surface area contributed by atoms with E-state index >= 15 is 0 Å². The smallest absolute Gasteiger partial charge is 0.260 e. The van der Waals surface area contributed by atoms with Gasteiger partial charge in [0.15, 0.2) is 0 Å². The zero-order valence-electron chi connectivity index (χ0n) is 14.5. The van der Waals surface area contributed by atoms with Gasteiger partial charge in [-0.15, -0.1) is 11.3 Å². The fourth-order valence-electron chi connectivity index (χ4n) is 3.01. The van der Waals surface area contributed by atoms with E-state index in [1.54, 1.807) is 12.1 Å². The molecule has 4 rings (SSSR count). The summed E-state index contributed by atoms with van der Waals surface area (Å²) in [5.74, 6) is 0.851. The molecule has 0 unspecified atom stereocenters. The van der Waals surface area contributed by atoms with Crippen molar-refractivity contribution in [2.75, 3.05) is 0 Å². The highest BCUT2D eigenvalue weighted by atomic mass is 32.1. The van der Waals surface area contributed by atoms with Crippen LogP contribution in [0.3, 0.4) is 0 Å². The van der Waals surface area contributed by atoms with Crippen LogP contribution in [0, 0.1) is 13.8 Å². The van der Waals surface area contributed by atoms with Crippen LogP contribution in [-0.4, -0.2) is 15.1 Å². The summed E-state index contributed by atoms with van der Waals surface area (Å²) >= 11 is 1.49. The molecule has 0 aliphatic carbocycles. The Morgan fingerprint density at radius 1 is 1.08 bits per heavy atom. The molecule has 0 aliphatic heterocycles. The molecule has 0 spiro atoms. The van der Waals surface area contributed by atoms with E-state index in [9.17, 15) is 9.90 Å². The maximum atomic E-state index is 12.7. The van der Waals surface area contributed by atoms with Crippen molar-refractivity contribution >= 4 is 21.6 Å². The number of hydrogen-bond acceptors (Lipinski definition) is 4. The van der Waals surface area contributed by atoms with Crippen molar-refractivity contribution in [3.63, 3.8) is 0 Å². The first-order valence-corrected chi connectivity index (χ1v) is 9.25. The second-order valence-electron chi connectivity index (χ2n) is 6.48. The molecule has 130 valence electrons. The second-order valence-corrected chi connectivity index (χ2v) is 7.34. The Morgan fingerprint density at radius 2 is 1.85 bits per heavy atom. The number of fused-ring (bicyclic) bond motifs is 1. The first-order chi connectivity index (χ1) is 12.5. The molecule has 4 nitrogen and oxygen atoms in total. The lowest BCUT2D eigenvalue weighted by Gasteiger charge is -2.05. The monoisotopic (exact) mass is 362 g/mol. The molecule has 4 aromatic rings. The highest BCUT2D eigenvalue weighted by Crippen LogP contribution is 2.31. The largest absolute Gasteiger partial charge is 0.508 e. The van der Waals surface area contributed by atoms with E-state index in [2.05, 4.69) is 35.9 Å². The van der Waals surface area contributed by atoms with E-state index < -0.39 is 0 Å². The molecule has 5 heteroatoms. The van der Waals surface area contributed by atoms with Gasteiger partial charge in [-0.2, -0.15) is 0 Å². The minimum atomic E-state index is -0.113. The summed E-state index contributed by atoms with van der Waals surface area (Å²) < 4.78 is 0. The molecule has 0 saturated carbocycles. The first-order valence-electron chi connectivity index (χ1n) is 8.37. The van der Waals surface area contributed by atoms with Crippen molar-refractivity contribution < 1.29 is 5.11 Å². The standard InChI is InChI=1S/C21H18N2O2S/c1-12-3-6-15(9-13(12)2)17-11-26-21-19(17)20(25)22-18(23-21)10-14-4-7-16(24)8-5-14/h3-9,11,24H,10H2,1-2H3,(H,22,23,25). The summed E-state index contributed by atoms with van der Waals surface area (Å²) in [5, 5.41) is 12.0. The third kappa shape index (κ3) is 3.02. The summed E-state index contributed by atoms with van der Waals surface area (Å²) in [6, 6.07) is 13.2. The van der Waals surface area contributed by atoms with Gasteiger partial charge in [0.25, 0.3) is 5.56 Å². The maximum Gasteiger partial charge on any atom is 0.260 e. The van der Waals surface area contributed by atoms with E-state index in [1.807, 2.05) is 23.6 Å². The quantitative estimate of drug-likeness (QED) is 0.561. The summed E-state index contributed by atoms with van der Waals surface area (Å²) in [6.45, 7) is 4.15. The average Bonchev–Trinajstić information content (AvgIpc) is 3.04. The Balaban J connectivity index is 1.76. The molecule has 0 saturated heterocycles. The molecule has 2 N–H and O–H groups in total. The number of benzene rings is 2. The molecule has 0 atom stereocenters. The van der Waals surface area contributed by atoms with Crippen LogP contribution in [0.4, 0.5) is 0 Å². The van der Waals surface area contributed by atoms with Gasteiger partial charge in [-0.3, -0.25) is 4.79 Å². The second kappa shape index (κ2) is 6.42. The molecule has 2 heterocycles. The lowest BCUT2D eigenvalue weighted by molar-refractivity contribution is 0.475. The van der Waals surface area contributed by atoms with E-state index in [-0.39, 0.29) is 11.3 Å². The lowest BCUT2D eigenvalue weighted by Crippen LogP contribution is -2.11. The Morgan fingerprint density at radius 3 is 2.58 bits per heavy atom. The van der Waals surface area contributed by atoms with Gasteiger partial charge in [-0.25, -0.2) is 4.98 Å². The van der Waals surface area contributed by atoms with Crippen LogP contribution in [0.5, 0.6) is 5.75 Å². The van der Waals surface area contributed by atoms with Crippen molar-refractivity contribution in [3.05, 3.63) is 80.7 Å².